The fraction of sp³-hybridized carbons (Fsp3) is 0.414. The second-order valence-electron chi connectivity index (χ2n) is 9.91. The first-order valence-electron chi connectivity index (χ1n) is 13.4. The summed E-state index contributed by atoms with van der Waals surface area (Å²) >= 11 is 0. The van der Waals surface area contributed by atoms with Gasteiger partial charge in [0.25, 0.3) is 0 Å². The molecule has 200 valence electrons. The fourth-order valence-corrected chi connectivity index (χ4v) is 5.14. The number of morpholine rings is 1. The van der Waals surface area contributed by atoms with Gasteiger partial charge in [-0.25, -0.2) is 9.37 Å². The molecule has 1 aromatic heterocycles. The lowest BCUT2D eigenvalue weighted by Gasteiger charge is -2.31. The van der Waals surface area contributed by atoms with Crippen LogP contribution in [0.5, 0.6) is 0 Å². The van der Waals surface area contributed by atoms with Crippen LogP contribution in [0, 0.1) is 11.7 Å². The molecule has 0 radical (unpaired) electrons. The number of aromatic nitrogens is 2. The molecule has 1 aliphatic heterocycles. The number of nitrogens with one attached hydrogen (secondary N) is 1. The standard InChI is InChI=1S/C29H34FN5O3/c30-24-10-12-25(13-11-24)35-20-26(22-6-2-1-3-7-22)31-29(35)32-27(36)21-34(28(37)23-8-4-5-9-23)15-14-33-16-18-38-19-17-33/h1-3,6-7,10-13,20,23H,4-5,8-9,14-19,21H2,(H,31,32,36). The van der Waals surface area contributed by atoms with Crippen LogP contribution in [0.2, 0.25) is 0 Å². The third-order valence-electron chi connectivity index (χ3n) is 7.27. The van der Waals surface area contributed by atoms with Gasteiger partial charge in [0.15, 0.2) is 0 Å². The first kappa shape index (κ1) is 26.1. The zero-order valence-electron chi connectivity index (χ0n) is 21.5. The predicted octanol–water partition coefficient (Wildman–Crippen LogP) is 3.97. The number of anilines is 1. The third kappa shape index (κ3) is 6.46. The summed E-state index contributed by atoms with van der Waals surface area (Å²) in [6, 6.07) is 15.7. The van der Waals surface area contributed by atoms with E-state index >= 15 is 0 Å². The number of ether oxygens (including phenoxy) is 1. The number of amides is 2. The molecule has 2 aliphatic rings. The van der Waals surface area contributed by atoms with Crippen molar-refractivity contribution in [2.75, 3.05) is 51.3 Å². The van der Waals surface area contributed by atoms with Crippen LogP contribution < -0.4 is 5.32 Å². The summed E-state index contributed by atoms with van der Waals surface area (Å²) in [4.78, 5) is 35.3. The molecule has 2 heterocycles. The van der Waals surface area contributed by atoms with E-state index < -0.39 is 0 Å². The van der Waals surface area contributed by atoms with Gasteiger partial charge in [0.2, 0.25) is 17.8 Å². The van der Waals surface area contributed by atoms with E-state index in [4.69, 9.17) is 4.74 Å². The molecule has 1 aliphatic carbocycles. The average Bonchev–Trinajstić information content (AvgIpc) is 3.63. The number of hydrogen-bond acceptors (Lipinski definition) is 5. The summed E-state index contributed by atoms with van der Waals surface area (Å²) in [5, 5.41) is 2.92. The van der Waals surface area contributed by atoms with Gasteiger partial charge in [-0.3, -0.25) is 24.4 Å². The first-order valence-corrected chi connectivity index (χ1v) is 13.4. The van der Waals surface area contributed by atoms with E-state index in [-0.39, 0.29) is 30.1 Å². The Labute approximate surface area is 222 Å². The monoisotopic (exact) mass is 519 g/mol. The second kappa shape index (κ2) is 12.3. The number of halogens is 1. The number of hydrogen-bond donors (Lipinski definition) is 1. The van der Waals surface area contributed by atoms with E-state index in [2.05, 4.69) is 15.2 Å². The molecule has 5 rings (SSSR count). The second-order valence-corrected chi connectivity index (χ2v) is 9.91. The van der Waals surface area contributed by atoms with Crippen molar-refractivity contribution < 1.29 is 18.7 Å². The maximum atomic E-state index is 13.6. The summed E-state index contributed by atoms with van der Waals surface area (Å²) in [5.74, 6) is -0.297. The van der Waals surface area contributed by atoms with Gasteiger partial charge in [0.1, 0.15) is 5.82 Å². The Morgan fingerprint density at radius 1 is 1.03 bits per heavy atom. The summed E-state index contributed by atoms with van der Waals surface area (Å²) in [5.41, 5.74) is 2.24. The van der Waals surface area contributed by atoms with Gasteiger partial charge in [0.05, 0.1) is 25.5 Å². The van der Waals surface area contributed by atoms with Crippen LogP contribution in [0.4, 0.5) is 10.3 Å². The molecule has 0 spiro atoms. The molecular weight excluding hydrogens is 485 g/mol. The minimum Gasteiger partial charge on any atom is -0.379 e. The zero-order valence-corrected chi connectivity index (χ0v) is 21.5. The lowest BCUT2D eigenvalue weighted by molar-refractivity contribution is -0.138. The maximum absolute atomic E-state index is 13.6. The van der Waals surface area contributed by atoms with Gasteiger partial charge < -0.3 is 9.64 Å². The Kier molecular flexibility index (Phi) is 8.45. The Bertz CT molecular complexity index is 1220. The highest BCUT2D eigenvalue weighted by molar-refractivity contribution is 5.94. The Morgan fingerprint density at radius 2 is 1.74 bits per heavy atom. The summed E-state index contributed by atoms with van der Waals surface area (Å²) in [7, 11) is 0. The highest BCUT2D eigenvalue weighted by Crippen LogP contribution is 2.27. The lowest BCUT2D eigenvalue weighted by Crippen LogP contribution is -2.46. The number of carbonyl (C=O) groups is 2. The average molecular weight is 520 g/mol. The molecule has 2 fully saturated rings. The molecule has 1 saturated carbocycles. The number of benzene rings is 2. The Balaban J connectivity index is 1.34. The molecule has 38 heavy (non-hydrogen) atoms. The van der Waals surface area contributed by atoms with Gasteiger partial charge in [0, 0.05) is 49.5 Å². The van der Waals surface area contributed by atoms with E-state index in [1.54, 1.807) is 21.6 Å². The molecule has 9 heteroatoms. The van der Waals surface area contributed by atoms with E-state index in [9.17, 15) is 14.0 Å². The van der Waals surface area contributed by atoms with E-state index in [1.165, 1.54) is 12.1 Å². The molecule has 1 saturated heterocycles. The quantitative estimate of drug-likeness (QED) is 0.463. The SMILES string of the molecule is O=C(CN(CCN1CCOCC1)C(=O)C1CCCC1)Nc1nc(-c2ccccc2)cn1-c1ccc(F)cc1. The van der Waals surface area contributed by atoms with Gasteiger partial charge >= 0.3 is 0 Å². The van der Waals surface area contributed by atoms with Crippen molar-refractivity contribution in [1.82, 2.24) is 19.4 Å². The van der Waals surface area contributed by atoms with Crippen molar-refractivity contribution in [1.29, 1.82) is 0 Å². The normalized spacial score (nSPS) is 16.4. The van der Waals surface area contributed by atoms with Crippen LogP contribution in [-0.2, 0) is 14.3 Å². The number of imidazole rings is 1. The topological polar surface area (TPSA) is 79.7 Å². The van der Waals surface area contributed by atoms with Gasteiger partial charge in [-0.2, -0.15) is 0 Å². The molecule has 8 nitrogen and oxygen atoms in total. The molecule has 3 aromatic rings. The number of carbonyl (C=O) groups excluding carboxylic acids is 2. The van der Waals surface area contributed by atoms with Crippen molar-refractivity contribution in [2.45, 2.75) is 25.7 Å². The number of nitrogens with zero attached hydrogens (tertiary/aromatic N) is 4. The summed E-state index contributed by atoms with van der Waals surface area (Å²) in [6.07, 6.45) is 5.68. The van der Waals surface area contributed by atoms with Crippen LogP contribution in [0.25, 0.3) is 16.9 Å². The van der Waals surface area contributed by atoms with Gasteiger partial charge in [-0.05, 0) is 37.1 Å². The molecule has 0 bridgehead atoms. The maximum Gasteiger partial charge on any atom is 0.246 e. The van der Waals surface area contributed by atoms with Crippen molar-refractivity contribution in [3.05, 3.63) is 66.6 Å². The molecule has 0 atom stereocenters. The summed E-state index contributed by atoms with van der Waals surface area (Å²) < 4.78 is 20.8. The van der Waals surface area contributed by atoms with E-state index in [0.717, 1.165) is 44.3 Å². The summed E-state index contributed by atoms with van der Waals surface area (Å²) in [6.45, 7) is 4.18. The number of rotatable bonds is 9. The minimum absolute atomic E-state index is 0.0154. The Morgan fingerprint density at radius 3 is 2.45 bits per heavy atom. The van der Waals surface area contributed by atoms with Crippen molar-refractivity contribution >= 4 is 17.8 Å². The molecule has 2 amide bonds. The van der Waals surface area contributed by atoms with Crippen LogP contribution in [0.3, 0.4) is 0 Å². The lowest BCUT2D eigenvalue weighted by atomic mass is 10.1. The molecule has 1 N–H and O–H groups in total. The van der Waals surface area contributed by atoms with Crippen LogP contribution in [0.15, 0.2) is 60.8 Å². The minimum atomic E-state index is -0.343. The molecular formula is C29H34FN5O3. The van der Waals surface area contributed by atoms with E-state index in [0.29, 0.717) is 43.6 Å². The van der Waals surface area contributed by atoms with Gasteiger partial charge in [-0.15, -0.1) is 0 Å². The highest BCUT2D eigenvalue weighted by atomic mass is 19.1. The van der Waals surface area contributed by atoms with E-state index in [1.807, 2.05) is 36.5 Å². The fourth-order valence-electron chi connectivity index (χ4n) is 5.14. The predicted molar refractivity (Wildman–Crippen MR) is 143 cm³/mol. The van der Waals surface area contributed by atoms with Crippen LogP contribution in [-0.4, -0.2) is 77.1 Å². The largest absolute Gasteiger partial charge is 0.379 e. The smallest absolute Gasteiger partial charge is 0.246 e. The zero-order chi connectivity index (χ0) is 26.3. The Hall–Kier alpha value is -3.56. The van der Waals surface area contributed by atoms with Crippen LogP contribution >= 0.6 is 0 Å². The van der Waals surface area contributed by atoms with Crippen molar-refractivity contribution in [2.24, 2.45) is 5.92 Å². The highest BCUT2D eigenvalue weighted by Gasteiger charge is 2.29. The first-order chi connectivity index (χ1) is 18.6. The van der Waals surface area contributed by atoms with Crippen molar-refractivity contribution in [3.8, 4) is 16.9 Å². The van der Waals surface area contributed by atoms with Gasteiger partial charge in [-0.1, -0.05) is 43.2 Å². The molecule has 0 unspecified atom stereocenters. The van der Waals surface area contributed by atoms with Crippen molar-refractivity contribution in [3.63, 3.8) is 0 Å². The molecule has 2 aromatic carbocycles. The third-order valence-corrected chi connectivity index (χ3v) is 7.27. The van der Waals surface area contributed by atoms with Crippen LogP contribution in [0.1, 0.15) is 25.7 Å².